The number of nitrogens with zero attached hydrogens (tertiary/aromatic N) is 1. The molecule has 0 amide bonds. The molecule has 0 fully saturated rings. The number of hydrogen-bond acceptors (Lipinski definition) is 4. The molecular formula is C13H27NO3. The highest BCUT2D eigenvalue weighted by atomic mass is 17.2. The molecule has 0 aromatic rings. The molecule has 0 heterocycles. The molecule has 0 aliphatic rings. The SMILES string of the molecule is C=C(N(CCCO)COOC)C(C)(C)CCC. The Labute approximate surface area is 105 Å². The molecule has 0 aliphatic heterocycles. The van der Waals surface area contributed by atoms with Gasteiger partial charge in [-0.25, -0.2) is 9.78 Å². The van der Waals surface area contributed by atoms with Crippen LogP contribution in [-0.4, -0.2) is 37.0 Å². The first kappa shape index (κ1) is 16.4. The van der Waals surface area contributed by atoms with Crippen LogP contribution >= 0.6 is 0 Å². The van der Waals surface area contributed by atoms with Crippen molar-refractivity contribution < 1.29 is 14.9 Å². The van der Waals surface area contributed by atoms with Gasteiger partial charge in [0.25, 0.3) is 0 Å². The molecule has 0 aromatic heterocycles. The summed E-state index contributed by atoms with van der Waals surface area (Å²) in [7, 11) is 1.49. The van der Waals surface area contributed by atoms with Crippen LogP contribution in [0.3, 0.4) is 0 Å². The maximum absolute atomic E-state index is 8.90. The maximum atomic E-state index is 8.90. The molecule has 1 N–H and O–H groups in total. The van der Waals surface area contributed by atoms with Crippen molar-refractivity contribution in [2.75, 3.05) is 27.0 Å². The summed E-state index contributed by atoms with van der Waals surface area (Å²) >= 11 is 0. The lowest BCUT2D eigenvalue weighted by molar-refractivity contribution is -0.293. The molecule has 0 radical (unpaired) electrons. The number of aliphatic hydroxyl groups excluding tert-OH is 1. The van der Waals surface area contributed by atoms with Crippen LogP contribution in [0.5, 0.6) is 0 Å². The van der Waals surface area contributed by atoms with Crippen LogP contribution in [0.2, 0.25) is 0 Å². The fraction of sp³-hybridized carbons (Fsp3) is 0.846. The zero-order chi connectivity index (χ0) is 13.3. The molecular weight excluding hydrogens is 218 g/mol. The molecule has 0 saturated heterocycles. The minimum Gasteiger partial charge on any atom is -0.396 e. The van der Waals surface area contributed by atoms with Gasteiger partial charge >= 0.3 is 0 Å². The summed E-state index contributed by atoms with van der Waals surface area (Å²) in [5.74, 6) is 0. The summed E-state index contributed by atoms with van der Waals surface area (Å²) in [5.41, 5.74) is 1.08. The summed E-state index contributed by atoms with van der Waals surface area (Å²) in [6, 6.07) is 0. The summed E-state index contributed by atoms with van der Waals surface area (Å²) in [6.07, 6.45) is 2.90. The van der Waals surface area contributed by atoms with Gasteiger partial charge in [-0.3, -0.25) is 0 Å². The van der Waals surface area contributed by atoms with Crippen LogP contribution in [0.1, 0.15) is 40.0 Å². The Kier molecular flexibility index (Phi) is 8.21. The first-order chi connectivity index (χ1) is 7.99. The van der Waals surface area contributed by atoms with Gasteiger partial charge in [0.15, 0.2) is 6.73 Å². The highest BCUT2D eigenvalue weighted by molar-refractivity contribution is 5.05. The van der Waals surface area contributed by atoms with Crippen molar-refractivity contribution in [3.63, 3.8) is 0 Å². The van der Waals surface area contributed by atoms with E-state index >= 15 is 0 Å². The lowest BCUT2D eigenvalue weighted by Crippen LogP contribution is -2.34. The molecule has 0 saturated carbocycles. The van der Waals surface area contributed by atoms with Gasteiger partial charge in [0, 0.05) is 24.3 Å². The third-order valence-electron chi connectivity index (χ3n) is 2.95. The van der Waals surface area contributed by atoms with Crippen LogP contribution in [0.25, 0.3) is 0 Å². The predicted octanol–water partition coefficient (Wildman–Crippen LogP) is 2.55. The van der Waals surface area contributed by atoms with Gasteiger partial charge in [-0.05, 0) is 12.8 Å². The Balaban J connectivity index is 4.48. The Bertz CT molecular complexity index is 209. The molecule has 4 nitrogen and oxygen atoms in total. The van der Waals surface area contributed by atoms with E-state index in [1.54, 1.807) is 0 Å². The molecule has 17 heavy (non-hydrogen) atoms. The average Bonchev–Trinajstić information content (AvgIpc) is 2.28. The second-order valence-corrected chi connectivity index (χ2v) is 4.83. The van der Waals surface area contributed by atoms with E-state index in [-0.39, 0.29) is 12.0 Å². The van der Waals surface area contributed by atoms with E-state index in [1.807, 2.05) is 4.90 Å². The van der Waals surface area contributed by atoms with Crippen molar-refractivity contribution in [3.05, 3.63) is 12.3 Å². The summed E-state index contributed by atoms with van der Waals surface area (Å²) in [4.78, 5) is 11.6. The van der Waals surface area contributed by atoms with Gasteiger partial charge in [0.1, 0.15) is 0 Å². The van der Waals surface area contributed by atoms with E-state index in [4.69, 9.17) is 9.99 Å². The van der Waals surface area contributed by atoms with Crippen LogP contribution in [0.15, 0.2) is 12.3 Å². The van der Waals surface area contributed by atoms with Crippen LogP contribution in [-0.2, 0) is 9.78 Å². The second kappa shape index (κ2) is 8.50. The van der Waals surface area contributed by atoms with E-state index in [9.17, 15) is 0 Å². The molecule has 0 bridgehead atoms. The van der Waals surface area contributed by atoms with Gasteiger partial charge in [0.05, 0.1) is 7.11 Å². The minimum atomic E-state index is 0.0430. The van der Waals surface area contributed by atoms with Gasteiger partial charge in [-0.2, -0.15) is 0 Å². The van der Waals surface area contributed by atoms with E-state index in [2.05, 4.69) is 32.2 Å². The number of allylic oxidation sites excluding steroid dienone is 1. The largest absolute Gasteiger partial charge is 0.396 e. The van der Waals surface area contributed by atoms with Crippen molar-refractivity contribution in [1.82, 2.24) is 4.90 Å². The smallest absolute Gasteiger partial charge is 0.154 e. The topological polar surface area (TPSA) is 41.9 Å². The second-order valence-electron chi connectivity index (χ2n) is 4.83. The van der Waals surface area contributed by atoms with E-state index < -0.39 is 0 Å². The van der Waals surface area contributed by atoms with E-state index in [0.717, 1.165) is 25.1 Å². The third-order valence-corrected chi connectivity index (χ3v) is 2.95. The molecule has 102 valence electrons. The van der Waals surface area contributed by atoms with Crippen molar-refractivity contribution >= 4 is 0 Å². The van der Waals surface area contributed by atoms with E-state index in [1.165, 1.54) is 7.11 Å². The fourth-order valence-corrected chi connectivity index (χ4v) is 1.85. The van der Waals surface area contributed by atoms with Gasteiger partial charge in [-0.1, -0.05) is 33.8 Å². The lowest BCUT2D eigenvalue weighted by atomic mass is 9.84. The molecule has 0 unspecified atom stereocenters. The molecule has 0 atom stereocenters. The van der Waals surface area contributed by atoms with Gasteiger partial charge in [-0.15, -0.1) is 0 Å². The van der Waals surface area contributed by atoms with Crippen molar-refractivity contribution in [1.29, 1.82) is 0 Å². The zero-order valence-corrected chi connectivity index (χ0v) is 11.7. The summed E-state index contributed by atoms with van der Waals surface area (Å²) in [5, 5.41) is 8.90. The normalized spacial score (nSPS) is 11.6. The average molecular weight is 245 g/mol. The number of aliphatic hydroxyl groups is 1. The van der Waals surface area contributed by atoms with Crippen LogP contribution in [0.4, 0.5) is 0 Å². The minimum absolute atomic E-state index is 0.0430. The Morgan fingerprint density at radius 3 is 2.53 bits per heavy atom. The lowest BCUT2D eigenvalue weighted by Gasteiger charge is -2.36. The van der Waals surface area contributed by atoms with Crippen molar-refractivity contribution in [2.45, 2.75) is 40.0 Å². The Hall–Kier alpha value is -0.580. The number of rotatable bonds is 10. The molecule has 0 aliphatic carbocycles. The summed E-state index contributed by atoms with van der Waals surface area (Å²) in [6.45, 7) is 11.9. The number of hydrogen-bond donors (Lipinski definition) is 1. The quantitative estimate of drug-likeness (QED) is 0.365. The van der Waals surface area contributed by atoms with E-state index in [0.29, 0.717) is 13.2 Å². The summed E-state index contributed by atoms with van der Waals surface area (Å²) < 4.78 is 0. The van der Waals surface area contributed by atoms with Crippen molar-refractivity contribution in [2.24, 2.45) is 5.41 Å². The molecule has 0 aromatic carbocycles. The Morgan fingerprint density at radius 1 is 1.41 bits per heavy atom. The highest BCUT2D eigenvalue weighted by Crippen LogP contribution is 2.32. The maximum Gasteiger partial charge on any atom is 0.154 e. The van der Waals surface area contributed by atoms with Crippen LogP contribution in [0, 0.1) is 5.41 Å². The standard InChI is InChI=1S/C13H27NO3/c1-6-8-13(3,4)12(2)14(9-7-10-15)11-17-16-5/h15H,2,6-11H2,1,3-5H3. The fourth-order valence-electron chi connectivity index (χ4n) is 1.85. The zero-order valence-electron chi connectivity index (χ0n) is 11.7. The molecule has 4 heteroatoms. The first-order valence-electron chi connectivity index (χ1n) is 6.20. The predicted molar refractivity (Wildman–Crippen MR) is 69.2 cm³/mol. The van der Waals surface area contributed by atoms with Gasteiger partial charge in [0.2, 0.25) is 0 Å². The molecule has 0 spiro atoms. The first-order valence-corrected chi connectivity index (χ1v) is 6.20. The van der Waals surface area contributed by atoms with Crippen LogP contribution < -0.4 is 0 Å². The monoisotopic (exact) mass is 245 g/mol. The highest BCUT2D eigenvalue weighted by Gasteiger charge is 2.25. The Morgan fingerprint density at radius 2 is 2.06 bits per heavy atom. The molecule has 0 rings (SSSR count). The van der Waals surface area contributed by atoms with Crippen molar-refractivity contribution in [3.8, 4) is 0 Å². The third kappa shape index (κ3) is 6.05. The van der Waals surface area contributed by atoms with Gasteiger partial charge < -0.3 is 10.0 Å².